The van der Waals surface area contributed by atoms with E-state index in [1.54, 1.807) is 4.40 Å². The minimum atomic E-state index is -1.07. The maximum absolute atomic E-state index is 13.7. The molecule has 0 unspecified atom stereocenters. The molecule has 0 saturated carbocycles. The number of fused-ring (bicyclic) bond motifs is 1. The number of halogens is 1. The summed E-state index contributed by atoms with van der Waals surface area (Å²) in [5, 5.41) is 17.6. The second-order valence-electron chi connectivity index (χ2n) is 4.31. The molecule has 21 heavy (non-hydrogen) atoms. The van der Waals surface area contributed by atoms with Crippen molar-refractivity contribution in [2.24, 2.45) is 0 Å². The fraction of sp³-hybridized carbons (Fsp3) is 0.0714. The maximum atomic E-state index is 13.7. The zero-order valence-electron chi connectivity index (χ0n) is 10.7. The largest absolute Gasteiger partial charge is 0.478 e. The van der Waals surface area contributed by atoms with Gasteiger partial charge < -0.3 is 5.11 Å². The highest BCUT2D eigenvalue weighted by Crippen LogP contribution is 2.23. The van der Waals surface area contributed by atoms with E-state index in [9.17, 15) is 9.18 Å². The third kappa shape index (κ3) is 2.73. The molecule has 1 aromatic carbocycles. The number of carboxylic acids is 1. The molecule has 3 rings (SSSR count). The van der Waals surface area contributed by atoms with Crippen molar-refractivity contribution in [2.75, 3.05) is 0 Å². The molecule has 106 valence electrons. The van der Waals surface area contributed by atoms with Crippen LogP contribution in [0.1, 0.15) is 15.9 Å². The van der Waals surface area contributed by atoms with Gasteiger partial charge in [-0.15, -0.1) is 10.2 Å². The highest BCUT2D eigenvalue weighted by Gasteiger charge is 2.11. The highest BCUT2D eigenvalue weighted by molar-refractivity contribution is 7.98. The first-order valence-corrected chi connectivity index (χ1v) is 7.08. The summed E-state index contributed by atoms with van der Waals surface area (Å²) >= 11 is 1.30. The number of thioether (sulfide) groups is 1. The normalized spacial score (nSPS) is 10.9. The Labute approximate surface area is 123 Å². The molecule has 0 aliphatic carbocycles. The summed E-state index contributed by atoms with van der Waals surface area (Å²) in [5.41, 5.74) is 1.10. The Hall–Kier alpha value is -2.41. The van der Waals surface area contributed by atoms with Crippen LogP contribution >= 0.6 is 11.8 Å². The fourth-order valence-electron chi connectivity index (χ4n) is 1.88. The number of nitrogens with zero attached hydrogens (tertiary/aromatic N) is 3. The molecule has 0 saturated heterocycles. The van der Waals surface area contributed by atoms with Crippen molar-refractivity contribution in [1.82, 2.24) is 14.6 Å². The Morgan fingerprint density at radius 1 is 1.29 bits per heavy atom. The first-order chi connectivity index (χ1) is 10.1. The van der Waals surface area contributed by atoms with Crippen LogP contribution in [0.15, 0.2) is 47.8 Å². The lowest BCUT2D eigenvalue weighted by Gasteiger charge is -2.04. The Morgan fingerprint density at radius 3 is 2.95 bits per heavy atom. The molecule has 3 aromatic rings. The molecule has 0 spiro atoms. The van der Waals surface area contributed by atoms with Gasteiger partial charge in [0.25, 0.3) is 0 Å². The van der Waals surface area contributed by atoms with Gasteiger partial charge in [0, 0.05) is 11.9 Å². The van der Waals surface area contributed by atoms with E-state index < -0.39 is 11.8 Å². The van der Waals surface area contributed by atoms with Crippen molar-refractivity contribution >= 4 is 23.4 Å². The van der Waals surface area contributed by atoms with E-state index >= 15 is 0 Å². The van der Waals surface area contributed by atoms with Crippen molar-refractivity contribution in [2.45, 2.75) is 10.9 Å². The smallest absolute Gasteiger partial charge is 0.335 e. The molecule has 1 N–H and O–H groups in total. The highest BCUT2D eigenvalue weighted by atomic mass is 32.2. The third-order valence-corrected chi connectivity index (χ3v) is 3.92. The summed E-state index contributed by atoms with van der Waals surface area (Å²) in [4.78, 5) is 10.9. The first-order valence-electron chi connectivity index (χ1n) is 6.09. The SMILES string of the molecule is O=C(O)c1ccc(F)c(CSc2nnc3ccccn23)c1. The van der Waals surface area contributed by atoms with E-state index in [2.05, 4.69) is 10.2 Å². The van der Waals surface area contributed by atoms with Crippen molar-refractivity contribution in [1.29, 1.82) is 0 Å². The topological polar surface area (TPSA) is 67.5 Å². The van der Waals surface area contributed by atoms with Gasteiger partial charge in [-0.2, -0.15) is 0 Å². The molecule has 5 nitrogen and oxygen atoms in total. The van der Waals surface area contributed by atoms with Gasteiger partial charge in [0.05, 0.1) is 5.56 Å². The van der Waals surface area contributed by atoms with Crippen LogP contribution in [-0.2, 0) is 5.75 Å². The third-order valence-electron chi connectivity index (χ3n) is 2.93. The fourth-order valence-corrected chi connectivity index (χ4v) is 2.78. The number of pyridine rings is 1. The minimum absolute atomic E-state index is 0.0677. The molecular formula is C14H10FN3O2S. The quantitative estimate of drug-likeness (QED) is 0.751. The van der Waals surface area contributed by atoms with Crippen molar-refractivity contribution in [3.63, 3.8) is 0 Å². The van der Waals surface area contributed by atoms with Crippen molar-refractivity contribution in [3.05, 3.63) is 59.5 Å². The predicted octanol–water partition coefficient (Wildman–Crippen LogP) is 2.86. The van der Waals surface area contributed by atoms with Crippen LogP contribution in [0, 0.1) is 5.82 Å². The van der Waals surface area contributed by atoms with Gasteiger partial charge in [-0.3, -0.25) is 4.40 Å². The van der Waals surface area contributed by atoms with Gasteiger partial charge in [0.2, 0.25) is 0 Å². The minimum Gasteiger partial charge on any atom is -0.478 e. The molecule has 0 amide bonds. The molecule has 0 radical (unpaired) electrons. The summed E-state index contributed by atoms with van der Waals surface area (Å²) in [5.74, 6) is -1.22. The van der Waals surface area contributed by atoms with Gasteiger partial charge in [0.15, 0.2) is 10.8 Å². The lowest BCUT2D eigenvalue weighted by molar-refractivity contribution is 0.0696. The van der Waals surface area contributed by atoms with Crippen LogP contribution in [-0.4, -0.2) is 25.7 Å². The maximum Gasteiger partial charge on any atom is 0.335 e. The van der Waals surface area contributed by atoms with E-state index in [0.717, 1.165) is 0 Å². The van der Waals surface area contributed by atoms with Gasteiger partial charge in [-0.25, -0.2) is 9.18 Å². The van der Waals surface area contributed by atoms with E-state index in [0.29, 0.717) is 16.4 Å². The second kappa shape index (κ2) is 5.53. The molecule has 7 heteroatoms. The van der Waals surface area contributed by atoms with Gasteiger partial charge in [0.1, 0.15) is 5.82 Å². The Morgan fingerprint density at radius 2 is 2.14 bits per heavy atom. The summed E-state index contributed by atoms with van der Waals surface area (Å²) < 4.78 is 15.5. The molecule has 0 fully saturated rings. The average molecular weight is 303 g/mol. The van der Waals surface area contributed by atoms with Crippen LogP contribution in [0.4, 0.5) is 4.39 Å². The number of rotatable bonds is 4. The summed E-state index contributed by atoms with van der Waals surface area (Å²) in [6.45, 7) is 0. The monoisotopic (exact) mass is 303 g/mol. The number of aromatic nitrogens is 3. The van der Waals surface area contributed by atoms with Crippen LogP contribution in [0.3, 0.4) is 0 Å². The summed E-state index contributed by atoms with van der Waals surface area (Å²) in [6.07, 6.45) is 1.82. The van der Waals surface area contributed by atoms with Crippen LogP contribution in [0.5, 0.6) is 0 Å². The molecule has 0 bridgehead atoms. The zero-order valence-corrected chi connectivity index (χ0v) is 11.5. The van der Waals surface area contributed by atoms with Crippen LogP contribution in [0.2, 0.25) is 0 Å². The van der Waals surface area contributed by atoms with Gasteiger partial charge >= 0.3 is 5.97 Å². The van der Waals surface area contributed by atoms with Crippen molar-refractivity contribution in [3.8, 4) is 0 Å². The first kappa shape index (κ1) is 13.6. The van der Waals surface area contributed by atoms with Gasteiger partial charge in [-0.1, -0.05) is 17.8 Å². The lowest BCUT2D eigenvalue weighted by Crippen LogP contribution is -1.99. The molecule has 2 aromatic heterocycles. The van der Waals surface area contributed by atoms with E-state index in [1.165, 1.54) is 30.0 Å². The van der Waals surface area contributed by atoms with Crippen molar-refractivity contribution < 1.29 is 14.3 Å². The average Bonchev–Trinajstić information content (AvgIpc) is 2.89. The predicted molar refractivity (Wildman–Crippen MR) is 75.9 cm³/mol. The number of hydrogen-bond acceptors (Lipinski definition) is 4. The molecular weight excluding hydrogens is 293 g/mol. The number of carboxylic acid groups (broad SMARTS) is 1. The summed E-state index contributed by atoms with van der Waals surface area (Å²) in [7, 11) is 0. The Balaban J connectivity index is 1.84. The molecule has 2 heterocycles. The van der Waals surface area contributed by atoms with E-state index in [1.807, 2.05) is 24.4 Å². The molecule has 0 atom stereocenters. The summed E-state index contributed by atoms with van der Waals surface area (Å²) in [6, 6.07) is 9.29. The lowest BCUT2D eigenvalue weighted by atomic mass is 10.1. The van der Waals surface area contributed by atoms with E-state index in [4.69, 9.17) is 5.11 Å². The number of aromatic carboxylic acids is 1. The number of carbonyl (C=O) groups is 1. The standard InChI is InChI=1S/C14H10FN3O2S/c15-11-5-4-9(13(19)20)7-10(11)8-21-14-17-16-12-3-1-2-6-18(12)14/h1-7H,8H2,(H,19,20). The zero-order chi connectivity index (χ0) is 14.8. The Kier molecular flexibility index (Phi) is 3.57. The van der Waals surface area contributed by atoms with Crippen LogP contribution in [0.25, 0.3) is 5.65 Å². The number of hydrogen-bond donors (Lipinski definition) is 1. The molecule has 0 aliphatic heterocycles. The van der Waals surface area contributed by atoms with Crippen LogP contribution < -0.4 is 0 Å². The molecule has 0 aliphatic rings. The van der Waals surface area contributed by atoms with Gasteiger partial charge in [-0.05, 0) is 35.9 Å². The Bertz CT molecular complexity index is 819. The van der Waals surface area contributed by atoms with E-state index in [-0.39, 0.29) is 11.3 Å². The second-order valence-corrected chi connectivity index (χ2v) is 5.25. The number of benzene rings is 1.